The lowest BCUT2D eigenvalue weighted by molar-refractivity contribution is 0.0697. The summed E-state index contributed by atoms with van der Waals surface area (Å²) in [5.41, 5.74) is 0.801. The standard InChI is InChI=1S/C10H6ClNO2/c11-8-5-9-6(2-1-3-12-9)4-7(8)10(13)14/h1-5H,(H,13,14). The molecule has 0 bridgehead atoms. The molecule has 3 nitrogen and oxygen atoms in total. The SMILES string of the molecule is O=C(O)c1cc2cccnc2cc1Cl. The Morgan fingerprint density at radius 1 is 1.43 bits per heavy atom. The zero-order valence-corrected chi connectivity index (χ0v) is 7.82. The summed E-state index contributed by atoms with van der Waals surface area (Å²) in [4.78, 5) is 14.8. The van der Waals surface area contributed by atoms with Gasteiger partial charge >= 0.3 is 5.97 Å². The molecule has 2 rings (SSSR count). The molecular formula is C10H6ClNO2. The van der Waals surface area contributed by atoms with Crippen molar-refractivity contribution in [3.05, 3.63) is 41.0 Å². The molecule has 0 amide bonds. The average molecular weight is 208 g/mol. The Bertz CT molecular complexity index is 510. The van der Waals surface area contributed by atoms with Gasteiger partial charge in [-0.25, -0.2) is 4.79 Å². The largest absolute Gasteiger partial charge is 0.478 e. The summed E-state index contributed by atoms with van der Waals surface area (Å²) in [7, 11) is 0. The van der Waals surface area contributed by atoms with E-state index in [1.165, 1.54) is 6.07 Å². The molecule has 0 fully saturated rings. The van der Waals surface area contributed by atoms with Crippen LogP contribution in [0.2, 0.25) is 5.02 Å². The van der Waals surface area contributed by atoms with E-state index in [1.54, 1.807) is 24.4 Å². The molecule has 70 valence electrons. The first kappa shape index (κ1) is 8.97. The summed E-state index contributed by atoms with van der Waals surface area (Å²) in [6.07, 6.45) is 1.64. The molecular weight excluding hydrogens is 202 g/mol. The molecule has 0 atom stereocenters. The van der Waals surface area contributed by atoms with E-state index in [4.69, 9.17) is 16.7 Å². The van der Waals surface area contributed by atoms with Crippen LogP contribution in [0.1, 0.15) is 10.4 Å². The lowest BCUT2D eigenvalue weighted by Gasteiger charge is -2.01. The third-order valence-corrected chi connectivity index (χ3v) is 2.23. The Kier molecular flexibility index (Phi) is 2.09. The summed E-state index contributed by atoms with van der Waals surface area (Å²) in [6.45, 7) is 0. The minimum Gasteiger partial charge on any atom is -0.478 e. The number of nitrogens with zero attached hydrogens (tertiary/aromatic N) is 1. The van der Waals surface area contributed by atoms with Crippen molar-refractivity contribution in [2.45, 2.75) is 0 Å². The highest BCUT2D eigenvalue weighted by Crippen LogP contribution is 2.22. The molecule has 1 aromatic heterocycles. The summed E-state index contributed by atoms with van der Waals surface area (Å²) in [6, 6.07) is 6.63. The van der Waals surface area contributed by atoms with Crippen LogP contribution in [-0.4, -0.2) is 16.1 Å². The highest BCUT2D eigenvalue weighted by atomic mass is 35.5. The maximum absolute atomic E-state index is 10.8. The van der Waals surface area contributed by atoms with E-state index in [2.05, 4.69) is 4.98 Å². The van der Waals surface area contributed by atoms with Gasteiger partial charge < -0.3 is 5.11 Å². The van der Waals surface area contributed by atoms with E-state index < -0.39 is 5.97 Å². The lowest BCUT2D eigenvalue weighted by Crippen LogP contribution is -1.97. The molecule has 0 radical (unpaired) electrons. The number of pyridine rings is 1. The fourth-order valence-electron chi connectivity index (χ4n) is 1.26. The van der Waals surface area contributed by atoms with Crippen molar-refractivity contribution in [3.63, 3.8) is 0 Å². The van der Waals surface area contributed by atoms with Crippen molar-refractivity contribution in [1.29, 1.82) is 0 Å². The maximum atomic E-state index is 10.8. The Hall–Kier alpha value is -1.61. The van der Waals surface area contributed by atoms with E-state index in [9.17, 15) is 4.79 Å². The topological polar surface area (TPSA) is 50.2 Å². The second kappa shape index (κ2) is 3.27. The van der Waals surface area contributed by atoms with Gasteiger partial charge in [-0.1, -0.05) is 17.7 Å². The zero-order chi connectivity index (χ0) is 10.1. The van der Waals surface area contributed by atoms with Gasteiger partial charge in [-0.2, -0.15) is 0 Å². The van der Waals surface area contributed by atoms with Gasteiger partial charge in [-0.15, -0.1) is 0 Å². The fraction of sp³-hybridized carbons (Fsp3) is 0. The monoisotopic (exact) mass is 207 g/mol. The normalized spacial score (nSPS) is 10.4. The van der Waals surface area contributed by atoms with Gasteiger partial charge in [-0.05, 0) is 18.2 Å². The first-order valence-electron chi connectivity index (χ1n) is 3.96. The minimum absolute atomic E-state index is 0.104. The second-order valence-electron chi connectivity index (χ2n) is 2.83. The minimum atomic E-state index is -1.03. The molecule has 0 saturated heterocycles. The van der Waals surface area contributed by atoms with E-state index in [1.807, 2.05) is 0 Å². The number of aromatic nitrogens is 1. The smallest absolute Gasteiger partial charge is 0.337 e. The Labute approximate surface area is 85.0 Å². The molecule has 0 unspecified atom stereocenters. The van der Waals surface area contributed by atoms with Crippen LogP contribution in [0, 0.1) is 0 Å². The molecule has 1 heterocycles. The predicted octanol–water partition coefficient (Wildman–Crippen LogP) is 2.59. The molecule has 0 spiro atoms. The van der Waals surface area contributed by atoms with Crippen LogP contribution in [0.25, 0.3) is 10.9 Å². The second-order valence-corrected chi connectivity index (χ2v) is 3.24. The average Bonchev–Trinajstić information content (AvgIpc) is 2.16. The first-order chi connectivity index (χ1) is 6.68. The maximum Gasteiger partial charge on any atom is 0.337 e. The predicted molar refractivity (Wildman–Crippen MR) is 53.7 cm³/mol. The van der Waals surface area contributed by atoms with Crippen molar-refractivity contribution in [2.75, 3.05) is 0 Å². The highest BCUT2D eigenvalue weighted by Gasteiger charge is 2.09. The van der Waals surface area contributed by atoms with Crippen LogP contribution in [0.15, 0.2) is 30.5 Å². The summed E-state index contributed by atoms with van der Waals surface area (Å²) < 4.78 is 0. The molecule has 0 aliphatic rings. The number of carboxylic acid groups (broad SMARTS) is 1. The summed E-state index contributed by atoms with van der Waals surface area (Å²) in [5.74, 6) is -1.03. The van der Waals surface area contributed by atoms with Gasteiger partial charge in [-0.3, -0.25) is 4.98 Å². The molecule has 0 aliphatic heterocycles. The molecule has 14 heavy (non-hydrogen) atoms. The van der Waals surface area contributed by atoms with Gasteiger partial charge in [0, 0.05) is 11.6 Å². The van der Waals surface area contributed by atoms with E-state index in [-0.39, 0.29) is 10.6 Å². The third-order valence-electron chi connectivity index (χ3n) is 1.92. The number of rotatable bonds is 1. The Morgan fingerprint density at radius 2 is 2.21 bits per heavy atom. The number of hydrogen-bond donors (Lipinski definition) is 1. The number of carboxylic acids is 1. The number of benzene rings is 1. The number of fused-ring (bicyclic) bond motifs is 1. The van der Waals surface area contributed by atoms with Crippen LogP contribution >= 0.6 is 11.6 Å². The van der Waals surface area contributed by atoms with Gasteiger partial charge in [0.1, 0.15) is 0 Å². The lowest BCUT2D eigenvalue weighted by atomic mass is 10.1. The quantitative estimate of drug-likeness (QED) is 0.782. The number of carbonyl (C=O) groups is 1. The molecule has 0 saturated carbocycles. The summed E-state index contributed by atoms with van der Waals surface area (Å²) in [5, 5.41) is 9.80. The number of aromatic carboxylic acids is 1. The van der Waals surface area contributed by atoms with Crippen molar-refractivity contribution in [3.8, 4) is 0 Å². The van der Waals surface area contributed by atoms with Crippen LogP contribution in [0.4, 0.5) is 0 Å². The zero-order valence-electron chi connectivity index (χ0n) is 7.07. The van der Waals surface area contributed by atoms with Crippen molar-refractivity contribution < 1.29 is 9.90 Å². The Morgan fingerprint density at radius 3 is 2.93 bits per heavy atom. The van der Waals surface area contributed by atoms with Crippen LogP contribution in [-0.2, 0) is 0 Å². The van der Waals surface area contributed by atoms with Crippen molar-refractivity contribution in [1.82, 2.24) is 4.98 Å². The highest BCUT2D eigenvalue weighted by molar-refractivity contribution is 6.34. The number of hydrogen-bond acceptors (Lipinski definition) is 2. The molecule has 4 heteroatoms. The Balaban J connectivity index is 2.77. The molecule has 1 aromatic carbocycles. The first-order valence-corrected chi connectivity index (χ1v) is 4.34. The van der Waals surface area contributed by atoms with E-state index in [0.717, 1.165) is 5.39 Å². The van der Waals surface area contributed by atoms with Crippen LogP contribution in [0.3, 0.4) is 0 Å². The molecule has 1 N–H and O–H groups in total. The van der Waals surface area contributed by atoms with Gasteiger partial charge in [0.2, 0.25) is 0 Å². The summed E-state index contributed by atoms with van der Waals surface area (Å²) >= 11 is 5.78. The fourth-order valence-corrected chi connectivity index (χ4v) is 1.50. The van der Waals surface area contributed by atoms with Crippen molar-refractivity contribution in [2.24, 2.45) is 0 Å². The molecule has 2 aromatic rings. The number of halogens is 1. The van der Waals surface area contributed by atoms with E-state index in [0.29, 0.717) is 5.52 Å². The van der Waals surface area contributed by atoms with Gasteiger partial charge in [0.15, 0.2) is 0 Å². The van der Waals surface area contributed by atoms with Crippen LogP contribution < -0.4 is 0 Å². The van der Waals surface area contributed by atoms with Gasteiger partial charge in [0.25, 0.3) is 0 Å². The molecule has 0 aliphatic carbocycles. The third kappa shape index (κ3) is 1.42. The van der Waals surface area contributed by atoms with Gasteiger partial charge in [0.05, 0.1) is 16.1 Å². The van der Waals surface area contributed by atoms with E-state index >= 15 is 0 Å². The van der Waals surface area contributed by atoms with Crippen LogP contribution in [0.5, 0.6) is 0 Å². The van der Waals surface area contributed by atoms with Crippen molar-refractivity contribution >= 4 is 28.5 Å².